The first-order valence-electron chi connectivity index (χ1n) is 6.76. The second-order valence-electron chi connectivity index (χ2n) is 5.14. The third-order valence-corrected chi connectivity index (χ3v) is 3.56. The van der Waals surface area contributed by atoms with E-state index < -0.39 is 0 Å². The molecular formula is C13H22N4O. The van der Waals surface area contributed by atoms with E-state index in [9.17, 15) is 4.79 Å². The third-order valence-electron chi connectivity index (χ3n) is 3.56. The van der Waals surface area contributed by atoms with Gasteiger partial charge in [0.05, 0.1) is 6.20 Å². The van der Waals surface area contributed by atoms with Gasteiger partial charge < -0.3 is 11.1 Å². The molecule has 1 aromatic rings. The number of carbonyl (C=O) groups excluding carboxylic acids is 1. The Morgan fingerprint density at radius 1 is 1.44 bits per heavy atom. The lowest BCUT2D eigenvalue weighted by Crippen LogP contribution is -2.40. The molecule has 5 nitrogen and oxygen atoms in total. The van der Waals surface area contributed by atoms with E-state index in [-0.39, 0.29) is 5.91 Å². The SMILES string of the molecule is NC1CCC(NC(=O)CCCc2cn[nH]c2)CC1. The zero-order valence-electron chi connectivity index (χ0n) is 10.7. The molecule has 0 atom stereocenters. The Hall–Kier alpha value is -1.36. The molecule has 2 rings (SSSR count). The molecule has 4 N–H and O–H groups in total. The van der Waals surface area contributed by atoms with Crippen LogP contribution in [0.4, 0.5) is 0 Å². The highest BCUT2D eigenvalue weighted by Gasteiger charge is 2.19. The summed E-state index contributed by atoms with van der Waals surface area (Å²) in [6, 6.07) is 0.672. The van der Waals surface area contributed by atoms with Crippen molar-refractivity contribution in [3.8, 4) is 0 Å². The number of hydrogen-bond acceptors (Lipinski definition) is 3. The van der Waals surface area contributed by atoms with Crippen LogP contribution in [0.1, 0.15) is 44.1 Å². The second kappa shape index (κ2) is 6.54. The maximum absolute atomic E-state index is 11.8. The van der Waals surface area contributed by atoms with Gasteiger partial charge in [-0.15, -0.1) is 0 Å². The minimum absolute atomic E-state index is 0.166. The van der Waals surface area contributed by atoms with E-state index in [1.807, 2.05) is 6.20 Å². The Kier molecular flexibility index (Phi) is 4.75. The molecule has 1 saturated carbocycles. The molecule has 0 aliphatic heterocycles. The van der Waals surface area contributed by atoms with Gasteiger partial charge in [0.15, 0.2) is 0 Å². The summed E-state index contributed by atoms with van der Waals surface area (Å²) in [5, 5.41) is 9.76. The van der Waals surface area contributed by atoms with Gasteiger partial charge in [-0.1, -0.05) is 0 Å². The predicted molar refractivity (Wildman–Crippen MR) is 69.9 cm³/mol. The Morgan fingerprint density at radius 3 is 2.89 bits per heavy atom. The summed E-state index contributed by atoms with van der Waals surface area (Å²) in [4.78, 5) is 11.8. The minimum Gasteiger partial charge on any atom is -0.353 e. The van der Waals surface area contributed by atoms with Crippen molar-refractivity contribution in [3.05, 3.63) is 18.0 Å². The van der Waals surface area contributed by atoms with E-state index in [1.165, 1.54) is 0 Å². The van der Waals surface area contributed by atoms with Gasteiger partial charge in [0.25, 0.3) is 0 Å². The van der Waals surface area contributed by atoms with E-state index in [0.717, 1.165) is 44.1 Å². The number of nitrogens with one attached hydrogen (secondary N) is 2. The summed E-state index contributed by atoms with van der Waals surface area (Å²) < 4.78 is 0. The zero-order valence-corrected chi connectivity index (χ0v) is 10.7. The first-order chi connectivity index (χ1) is 8.74. The van der Waals surface area contributed by atoms with Crippen LogP contribution in [0, 0.1) is 0 Å². The van der Waals surface area contributed by atoms with Gasteiger partial charge >= 0.3 is 0 Å². The summed E-state index contributed by atoms with van der Waals surface area (Å²) in [6.45, 7) is 0. The van der Waals surface area contributed by atoms with Crippen LogP contribution in [0.3, 0.4) is 0 Å². The van der Waals surface area contributed by atoms with Gasteiger partial charge in [-0.05, 0) is 44.1 Å². The maximum atomic E-state index is 11.8. The lowest BCUT2D eigenvalue weighted by atomic mass is 9.92. The molecule has 0 radical (unpaired) electrons. The lowest BCUT2D eigenvalue weighted by molar-refractivity contribution is -0.122. The molecule has 1 aliphatic carbocycles. The smallest absolute Gasteiger partial charge is 0.220 e. The van der Waals surface area contributed by atoms with E-state index in [0.29, 0.717) is 18.5 Å². The molecule has 1 amide bonds. The van der Waals surface area contributed by atoms with Gasteiger partial charge in [0.2, 0.25) is 5.91 Å². The molecule has 18 heavy (non-hydrogen) atoms. The first kappa shape index (κ1) is 13.1. The van der Waals surface area contributed by atoms with Crippen molar-refractivity contribution < 1.29 is 4.79 Å². The molecule has 0 bridgehead atoms. The number of rotatable bonds is 5. The maximum Gasteiger partial charge on any atom is 0.220 e. The van der Waals surface area contributed by atoms with Crippen molar-refractivity contribution in [2.45, 2.75) is 57.0 Å². The van der Waals surface area contributed by atoms with E-state index >= 15 is 0 Å². The fourth-order valence-corrected chi connectivity index (χ4v) is 2.43. The van der Waals surface area contributed by atoms with Crippen molar-refractivity contribution in [2.75, 3.05) is 0 Å². The van der Waals surface area contributed by atoms with Gasteiger partial charge in [0, 0.05) is 24.7 Å². The number of carbonyl (C=O) groups is 1. The van der Waals surface area contributed by atoms with Crippen LogP contribution in [0.5, 0.6) is 0 Å². The molecule has 1 aromatic heterocycles. The standard InChI is InChI=1S/C13H22N4O/c14-11-4-6-12(7-5-11)17-13(18)3-1-2-10-8-15-16-9-10/h8-9,11-12H,1-7,14H2,(H,15,16)(H,17,18). The van der Waals surface area contributed by atoms with E-state index in [4.69, 9.17) is 5.73 Å². The highest BCUT2D eigenvalue weighted by molar-refractivity contribution is 5.76. The van der Waals surface area contributed by atoms with Crippen LogP contribution in [0.25, 0.3) is 0 Å². The van der Waals surface area contributed by atoms with Crippen molar-refractivity contribution in [2.24, 2.45) is 5.73 Å². The predicted octanol–water partition coefficient (Wildman–Crippen LogP) is 1.12. The lowest BCUT2D eigenvalue weighted by Gasteiger charge is -2.26. The highest BCUT2D eigenvalue weighted by Crippen LogP contribution is 2.17. The summed E-state index contributed by atoms with van der Waals surface area (Å²) in [7, 11) is 0. The number of aromatic amines is 1. The average Bonchev–Trinajstić information content (AvgIpc) is 2.85. The Balaban J connectivity index is 1.60. The molecule has 1 fully saturated rings. The van der Waals surface area contributed by atoms with Crippen LogP contribution in [-0.4, -0.2) is 28.2 Å². The Morgan fingerprint density at radius 2 is 2.22 bits per heavy atom. The van der Waals surface area contributed by atoms with Crippen LogP contribution in [0.15, 0.2) is 12.4 Å². The topological polar surface area (TPSA) is 83.8 Å². The average molecular weight is 250 g/mol. The molecule has 0 unspecified atom stereocenters. The van der Waals surface area contributed by atoms with Crippen molar-refractivity contribution in [1.29, 1.82) is 0 Å². The number of amides is 1. The number of H-pyrrole nitrogens is 1. The van der Waals surface area contributed by atoms with E-state index in [2.05, 4.69) is 15.5 Å². The molecule has 1 aliphatic rings. The molecule has 0 aromatic carbocycles. The summed E-state index contributed by atoms with van der Waals surface area (Å²) in [5.74, 6) is 0.166. The van der Waals surface area contributed by atoms with Crippen LogP contribution < -0.4 is 11.1 Å². The number of nitrogens with two attached hydrogens (primary N) is 1. The Labute approximate surface area is 108 Å². The molecule has 0 spiro atoms. The number of hydrogen-bond donors (Lipinski definition) is 3. The molecule has 1 heterocycles. The van der Waals surface area contributed by atoms with Gasteiger partial charge in [-0.25, -0.2) is 0 Å². The third kappa shape index (κ3) is 4.14. The summed E-state index contributed by atoms with van der Waals surface area (Å²) in [5.41, 5.74) is 7.00. The fourth-order valence-electron chi connectivity index (χ4n) is 2.43. The summed E-state index contributed by atoms with van der Waals surface area (Å²) in [6.07, 6.45) is 10.1. The monoisotopic (exact) mass is 250 g/mol. The van der Waals surface area contributed by atoms with Crippen LogP contribution >= 0.6 is 0 Å². The van der Waals surface area contributed by atoms with Crippen LogP contribution in [0.2, 0.25) is 0 Å². The quantitative estimate of drug-likeness (QED) is 0.732. The number of nitrogens with zero attached hydrogens (tertiary/aromatic N) is 1. The number of aromatic nitrogens is 2. The minimum atomic E-state index is 0.166. The van der Waals surface area contributed by atoms with Gasteiger partial charge in [-0.2, -0.15) is 5.10 Å². The zero-order chi connectivity index (χ0) is 12.8. The molecular weight excluding hydrogens is 228 g/mol. The van der Waals surface area contributed by atoms with Crippen molar-refractivity contribution in [3.63, 3.8) is 0 Å². The van der Waals surface area contributed by atoms with Gasteiger partial charge in [0.1, 0.15) is 0 Å². The normalized spacial score (nSPS) is 23.8. The fraction of sp³-hybridized carbons (Fsp3) is 0.692. The Bertz CT molecular complexity index is 355. The molecule has 5 heteroatoms. The largest absolute Gasteiger partial charge is 0.353 e. The molecule has 0 saturated heterocycles. The van der Waals surface area contributed by atoms with Gasteiger partial charge in [-0.3, -0.25) is 9.89 Å². The van der Waals surface area contributed by atoms with Crippen molar-refractivity contribution >= 4 is 5.91 Å². The first-order valence-corrected chi connectivity index (χ1v) is 6.76. The number of aryl methyl sites for hydroxylation is 1. The van der Waals surface area contributed by atoms with Crippen LogP contribution in [-0.2, 0) is 11.2 Å². The van der Waals surface area contributed by atoms with E-state index in [1.54, 1.807) is 6.20 Å². The van der Waals surface area contributed by atoms with Crippen molar-refractivity contribution in [1.82, 2.24) is 15.5 Å². The second-order valence-corrected chi connectivity index (χ2v) is 5.14. The molecule has 100 valence electrons. The summed E-state index contributed by atoms with van der Waals surface area (Å²) >= 11 is 0. The highest BCUT2D eigenvalue weighted by atomic mass is 16.1.